The Morgan fingerprint density at radius 2 is 1.41 bits per heavy atom. The van der Waals surface area contributed by atoms with Crippen LogP contribution in [-0.2, 0) is 31.1 Å². The van der Waals surface area contributed by atoms with Crippen LogP contribution >= 0.6 is 0 Å². The van der Waals surface area contributed by atoms with Gasteiger partial charge >= 0.3 is 0 Å². The largest absolute Gasteiger partial charge is 0.342 e. The highest BCUT2D eigenvalue weighted by atomic mass is 14.9. The number of hydrogen-bond donors (Lipinski definition) is 1. The molecule has 0 amide bonds. The van der Waals surface area contributed by atoms with E-state index in [4.69, 9.17) is 4.98 Å². The first-order chi connectivity index (χ1) is 15.3. The highest BCUT2D eigenvalue weighted by molar-refractivity contribution is 5.92. The molecule has 162 valence electrons. The fourth-order valence-corrected chi connectivity index (χ4v) is 5.48. The van der Waals surface area contributed by atoms with E-state index in [0.717, 1.165) is 31.5 Å². The zero-order chi connectivity index (χ0) is 22.2. The van der Waals surface area contributed by atoms with E-state index < -0.39 is 0 Å². The third-order valence-corrected chi connectivity index (χ3v) is 7.46. The van der Waals surface area contributed by atoms with E-state index in [0.29, 0.717) is 5.92 Å². The minimum atomic E-state index is 0.177. The van der Waals surface area contributed by atoms with E-state index in [-0.39, 0.29) is 5.41 Å². The van der Waals surface area contributed by atoms with Gasteiger partial charge in [-0.1, -0.05) is 65.0 Å². The molecule has 1 heterocycles. The number of H-pyrrole nitrogens is 1. The molecule has 2 aliphatic rings. The van der Waals surface area contributed by atoms with Crippen molar-refractivity contribution in [1.82, 2.24) is 9.97 Å². The van der Waals surface area contributed by atoms with Crippen molar-refractivity contribution >= 4 is 10.8 Å². The molecule has 0 radical (unpaired) electrons. The van der Waals surface area contributed by atoms with E-state index in [2.05, 4.69) is 82.1 Å². The molecule has 3 aromatic carbocycles. The molecular formula is C30H32N2. The minimum Gasteiger partial charge on any atom is -0.342 e. The predicted octanol–water partition coefficient (Wildman–Crippen LogP) is 7.52. The Labute approximate surface area is 191 Å². The Kier molecular flexibility index (Phi) is 4.21. The zero-order valence-corrected chi connectivity index (χ0v) is 19.9. The topological polar surface area (TPSA) is 28.7 Å². The smallest absolute Gasteiger partial charge is 0.109 e. The molecule has 0 unspecified atom stereocenters. The summed E-state index contributed by atoms with van der Waals surface area (Å²) in [5, 5.41) is 2.72. The highest BCUT2D eigenvalue weighted by Crippen LogP contribution is 2.42. The van der Waals surface area contributed by atoms with E-state index >= 15 is 0 Å². The standard InChI is InChI=1S/C30H32N2/c1-17(2)29-31-27-11-9-21-15-25-20(16-26(21)28(27)32-29)7-6-19-12-22-13-23(30(3,4)5)10-8-18(22)14-24(19)25/h8,10,12-17H,6-7,9,11H2,1-5H3,(H,31,32). The molecule has 0 fully saturated rings. The average molecular weight is 421 g/mol. The van der Waals surface area contributed by atoms with Crippen LogP contribution in [0.5, 0.6) is 0 Å². The van der Waals surface area contributed by atoms with Gasteiger partial charge in [-0.15, -0.1) is 0 Å². The first kappa shape index (κ1) is 19.8. The average Bonchev–Trinajstić information content (AvgIpc) is 3.21. The van der Waals surface area contributed by atoms with Crippen LogP contribution in [0.25, 0.3) is 33.2 Å². The maximum atomic E-state index is 4.90. The van der Waals surface area contributed by atoms with Crippen LogP contribution in [0.2, 0.25) is 0 Å². The van der Waals surface area contributed by atoms with Gasteiger partial charge in [-0.2, -0.15) is 0 Å². The number of aryl methyl sites for hydroxylation is 4. The quantitative estimate of drug-likeness (QED) is 0.339. The molecule has 2 nitrogen and oxygen atoms in total. The van der Waals surface area contributed by atoms with E-state index in [9.17, 15) is 0 Å². The first-order valence-electron chi connectivity index (χ1n) is 12.1. The second kappa shape index (κ2) is 6.81. The van der Waals surface area contributed by atoms with Crippen molar-refractivity contribution in [2.24, 2.45) is 0 Å². The summed E-state index contributed by atoms with van der Waals surface area (Å²) in [6, 6.07) is 16.8. The van der Waals surface area contributed by atoms with Crippen LogP contribution in [0.4, 0.5) is 0 Å². The molecule has 1 N–H and O–H groups in total. The molecule has 6 rings (SSSR count). The lowest BCUT2D eigenvalue weighted by atomic mass is 9.79. The highest BCUT2D eigenvalue weighted by Gasteiger charge is 2.25. The molecule has 0 atom stereocenters. The van der Waals surface area contributed by atoms with Crippen molar-refractivity contribution in [1.29, 1.82) is 0 Å². The molecule has 1 aromatic heterocycles. The van der Waals surface area contributed by atoms with Gasteiger partial charge in [-0.05, 0) is 87.4 Å². The van der Waals surface area contributed by atoms with Gasteiger partial charge in [-0.3, -0.25) is 0 Å². The second-order valence-electron chi connectivity index (χ2n) is 11.1. The Hall–Kier alpha value is -2.87. The lowest BCUT2D eigenvalue weighted by Gasteiger charge is -2.25. The molecule has 0 aliphatic heterocycles. The fourth-order valence-electron chi connectivity index (χ4n) is 5.48. The van der Waals surface area contributed by atoms with Gasteiger partial charge in [0.2, 0.25) is 0 Å². The van der Waals surface area contributed by atoms with Crippen LogP contribution in [0.1, 0.15) is 74.3 Å². The first-order valence-corrected chi connectivity index (χ1v) is 12.1. The normalized spacial score (nSPS) is 14.8. The third kappa shape index (κ3) is 3.03. The summed E-state index contributed by atoms with van der Waals surface area (Å²) in [5.74, 6) is 1.55. The van der Waals surface area contributed by atoms with E-state index in [1.807, 2.05) is 0 Å². The summed E-state index contributed by atoms with van der Waals surface area (Å²) in [6.45, 7) is 11.3. The summed E-state index contributed by atoms with van der Waals surface area (Å²) >= 11 is 0. The SMILES string of the molecule is CC(C)c1nc2c([nH]1)-c1cc3c(cc1CC2)-c1cc2ccc(C(C)(C)C)cc2cc1CC3. The second-order valence-corrected chi connectivity index (χ2v) is 11.1. The van der Waals surface area contributed by atoms with Gasteiger partial charge in [-0.25, -0.2) is 4.98 Å². The number of hydrogen-bond acceptors (Lipinski definition) is 1. The van der Waals surface area contributed by atoms with Crippen molar-refractivity contribution in [2.45, 2.75) is 71.6 Å². The number of nitrogens with one attached hydrogen (secondary N) is 1. The molecule has 0 saturated heterocycles. The zero-order valence-electron chi connectivity index (χ0n) is 19.9. The molecular weight excluding hydrogens is 388 g/mol. The molecule has 0 bridgehead atoms. The van der Waals surface area contributed by atoms with Crippen LogP contribution in [0.15, 0.2) is 42.5 Å². The summed E-state index contributed by atoms with van der Waals surface area (Å²) in [6.07, 6.45) is 4.34. The fraction of sp³-hybridized carbons (Fsp3) is 0.367. The van der Waals surface area contributed by atoms with Gasteiger partial charge in [0.05, 0.1) is 11.4 Å². The van der Waals surface area contributed by atoms with Crippen LogP contribution in [-0.4, -0.2) is 9.97 Å². The maximum Gasteiger partial charge on any atom is 0.109 e. The van der Waals surface area contributed by atoms with Crippen molar-refractivity contribution in [3.63, 3.8) is 0 Å². The number of imidazole rings is 1. The van der Waals surface area contributed by atoms with Crippen molar-refractivity contribution in [3.8, 4) is 22.4 Å². The van der Waals surface area contributed by atoms with Crippen LogP contribution in [0, 0.1) is 0 Å². The van der Waals surface area contributed by atoms with Crippen molar-refractivity contribution in [2.75, 3.05) is 0 Å². The molecule has 0 spiro atoms. The van der Waals surface area contributed by atoms with Crippen molar-refractivity contribution in [3.05, 3.63) is 76.2 Å². The van der Waals surface area contributed by atoms with E-state index in [1.165, 1.54) is 61.1 Å². The number of rotatable bonds is 1. The van der Waals surface area contributed by atoms with Crippen LogP contribution in [0.3, 0.4) is 0 Å². The minimum absolute atomic E-state index is 0.177. The van der Waals surface area contributed by atoms with Gasteiger partial charge in [0.15, 0.2) is 0 Å². The van der Waals surface area contributed by atoms with Crippen LogP contribution < -0.4 is 0 Å². The lowest BCUT2D eigenvalue weighted by molar-refractivity contribution is 0.591. The number of fused-ring (bicyclic) bond motifs is 7. The summed E-state index contributed by atoms with van der Waals surface area (Å²) < 4.78 is 0. The molecule has 2 heteroatoms. The number of aromatic amines is 1. The summed E-state index contributed by atoms with van der Waals surface area (Å²) in [5.41, 5.74) is 12.8. The lowest BCUT2D eigenvalue weighted by Crippen LogP contribution is -2.11. The van der Waals surface area contributed by atoms with Gasteiger partial charge in [0.25, 0.3) is 0 Å². The Balaban J connectivity index is 1.48. The number of nitrogens with zero attached hydrogens (tertiary/aromatic N) is 1. The number of aromatic nitrogens is 2. The Morgan fingerprint density at radius 3 is 2.16 bits per heavy atom. The maximum absolute atomic E-state index is 4.90. The molecule has 4 aromatic rings. The monoisotopic (exact) mass is 420 g/mol. The molecule has 32 heavy (non-hydrogen) atoms. The Morgan fingerprint density at radius 1 is 0.750 bits per heavy atom. The van der Waals surface area contributed by atoms with Crippen molar-refractivity contribution < 1.29 is 0 Å². The van der Waals surface area contributed by atoms with Gasteiger partial charge in [0.1, 0.15) is 5.82 Å². The van der Waals surface area contributed by atoms with Gasteiger partial charge < -0.3 is 4.98 Å². The molecule has 0 saturated carbocycles. The predicted molar refractivity (Wildman–Crippen MR) is 135 cm³/mol. The molecule has 2 aliphatic carbocycles. The van der Waals surface area contributed by atoms with E-state index in [1.54, 1.807) is 0 Å². The third-order valence-electron chi connectivity index (χ3n) is 7.46. The van der Waals surface area contributed by atoms with Gasteiger partial charge in [0, 0.05) is 11.5 Å². The summed E-state index contributed by atoms with van der Waals surface area (Å²) in [7, 11) is 0. The Bertz CT molecular complexity index is 1380. The summed E-state index contributed by atoms with van der Waals surface area (Å²) in [4.78, 5) is 8.55. The number of benzene rings is 3.